The number of hydrogen-bond acceptors (Lipinski definition) is 4. The molecule has 1 aromatic heterocycles. The molecule has 1 saturated carbocycles. The van der Waals surface area contributed by atoms with Crippen molar-refractivity contribution in [3.63, 3.8) is 0 Å². The molecule has 1 amide bonds. The Kier molecular flexibility index (Phi) is 2.45. The Morgan fingerprint density at radius 3 is 2.53 bits per heavy atom. The van der Waals surface area contributed by atoms with Gasteiger partial charge in [0.25, 0.3) is 0 Å². The first-order valence-electron chi connectivity index (χ1n) is 5.31. The summed E-state index contributed by atoms with van der Waals surface area (Å²) in [7, 11) is 0. The van der Waals surface area contributed by atoms with E-state index in [0.717, 1.165) is 0 Å². The zero-order valence-electron chi connectivity index (χ0n) is 9.85. The quantitative estimate of drug-likeness (QED) is 0.827. The van der Waals surface area contributed by atoms with Crippen LogP contribution in [0.25, 0.3) is 0 Å². The van der Waals surface area contributed by atoms with E-state index < -0.39 is 23.2 Å². The molecule has 1 heterocycles. The third kappa shape index (κ3) is 1.90. The third-order valence-corrected chi connectivity index (χ3v) is 3.26. The van der Waals surface area contributed by atoms with E-state index in [1.165, 1.54) is 0 Å². The molecule has 92 valence electrons. The first kappa shape index (κ1) is 11.6. The Labute approximate surface area is 98.0 Å². The van der Waals surface area contributed by atoms with Gasteiger partial charge in [0.1, 0.15) is 5.76 Å². The molecule has 0 radical (unpaired) electrons. The van der Waals surface area contributed by atoms with Crippen molar-refractivity contribution in [1.82, 2.24) is 5.16 Å². The molecular formula is C11H14N2O4. The van der Waals surface area contributed by atoms with Gasteiger partial charge in [-0.15, -0.1) is 0 Å². The Morgan fingerprint density at radius 1 is 1.47 bits per heavy atom. The van der Waals surface area contributed by atoms with E-state index in [0.29, 0.717) is 11.6 Å². The van der Waals surface area contributed by atoms with Crippen LogP contribution in [0.3, 0.4) is 0 Å². The van der Waals surface area contributed by atoms with Crippen LogP contribution >= 0.6 is 0 Å². The molecule has 1 aliphatic carbocycles. The molecule has 2 N–H and O–H groups in total. The fourth-order valence-electron chi connectivity index (χ4n) is 2.22. The summed E-state index contributed by atoms with van der Waals surface area (Å²) < 4.78 is 4.81. The molecule has 0 saturated heterocycles. The number of hydrogen-bond donors (Lipinski definition) is 2. The minimum Gasteiger partial charge on any atom is -0.481 e. The molecule has 6 nitrogen and oxygen atoms in total. The molecule has 1 fully saturated rings. The van der Waals surface area contributed by atoms with Crippen LogP contribution in [0.4, 0.5) is 5.82 Å². The van der Waals surface area contributed by atoms with E-state index in [1.807, 2.05) is 0 Å². The molecule has 2 rings (SSSR count). The molecule has 6 heteroatoms. The van der Waals surface area contributed by atoms with Crippen molar-refractivity contribution in [2.24, 2.45) is 17.3 Å². The van der Waals surface area contributed by atoms with Crippen LogP contribution < -0.4 is 5.32 Å². The number of nitrogens with zero attached hydrogens (tertiary/aromatic N) is 1. The molecular weight excluding hydrogens is 224 g/mol. The lowest BCUT2D eigenvalue weighted by atomic mass is 10.1. The Hall–Kier alpha value is -1.85. The van der Waals surface area contributed by atoms with Gasteiger partial charge in [-0.25, -0.2) is 0 Å². The minimum atomic E-state index is -0.938. The molecule has 0 unspecified atom stereocenters. The smallest absolute Gasteiger partial charge is 0.307 e. The maximum Gasteiger partial charge on any atom is 0.307 e. The number of carboxylic acids is 1. The number of rotatable bonds is 3. The van der Waals surface area contributed by atoms with E-state index in [4.69, 9.17) is 9.63 Å². The number of amides is 1. The maximum absolute atomic E-state index is 11.9. The lowest BCUT2D eigenvalue weighted by Gasteiger charge is -2.01. The van der Waals surface area contributed by atoms with Crippen molar-refractivity contribution in [2.45, 2.75) is 20.8 Å². The molecule has 17 heavy (non-hydrogen) atoms. The van der Waals surface area contributed by atoms with Gasteiger partial charge in [0, 0.05) is 6.07 Å². The van der Waals surface area contributed by atoms with E-state index in [1.54, 1.807) is 26.8 Å². The van der Waals surface area contributed by atoms with Crippen LogP contribution in [0.1, 0.15) is 19.6 Å². The van der Waals surface area contributed by atoms with Crippen molar-refractivity contribution in [2.75, 3.05) is 5.32 Å². The second-order valence-electron chi connectivity index (χ2n) is 4.93. The number of carboxylic acid groups (broad SMARTS) is 1. The lowest BCUT2D eigenvalue weighted by Crippen LogP contribution is -2.17. The van der Waals surface area contributed by atoms with Gasteiger partial charge in [-0.2, -0.15) is 0 Å². The fraction of sp³-hybridized carbons (Fsp3) is 0.545. The first-order chi connectivity index (χ1) is 7.84. The molecule has 1 aromatic rings. The summed E-state index contributed by atoms with van der Waals surface area (Å²) in [6, 6.07) is 1.59. The highest BCUT2D eigenvalue weighted by Gasteiger charge is 2.65. The van der Waals surface area contributed by atoms with Crippen molar-refractivity contribution in [3.05, 3.63) is 11.8 Å². The standard InChI is InChI=1S/C11H14N2O4/c1-5-4-6(13-17-5)12-9(14)7-8(10(15)16)11(7,2)3/h4,7-8H,1-3H3,(H,15,16)(H,12,13,14)/t7-,8-/m0/s1. The summed E-state index contributed by atoms with van der Waals surface area (Å²) in [4.78, 5) is 22.8. The van der Waals surface area contributed by atoms with Gasteiger partial charge < -0.3 is 14.9 Å². The molecule has 0 aromatic carbocycles. The predicted molar refractivity (Wildman–Crippen MR) is 58.3 cm³/mol. The normalized spacial score (nSPS) is 25.4. The van der Waals surface area contributed by atoms with Crippen LogP contribution in [0, 0.1) is 24.2 Å². The summed E-state index contributed by atoms with van der Waals surface area (Å²) in [5.74, 6) is -1.50. The van der Waals surface area contributed by atoms with E-state index in [-0.39, 0.29) is 5.91 Å². The molecule has 0 spiro atoms. The SMILES string of the molecule is Cc1cc(NC(=O)[C@@H]2[C@@H](C(=O)O)C2(C)C)no1. The fourth-order valence-corrected chi connectivity index (χ4v) is 2.22. The monoisotopic (exact) mass is 238 g/mol. The second-order valence-corrected chi connectivity index (χ2v) is 4.93. The molecule has 0 aliphatic heterocycles. The van der Waals surface area contributed by atoms with Crippen LogP contribution in [0.15, 0.2) is 10.6 Å². The van der Waals surface area contributed by atoms with Gasteiger partial charge in [-0.1, -0.05) is 19.0 Å². The highest BCUT2D eigenvalue weighted by molar-refractivity contribution is 5.99. The van der Waals surface area contributed by atoms with Gasteiger partial charge >= 0.3 is 5.97 Å². The largest absolute Gasteiger partial charge is 0.481 e. The number of aromatic nitrogens is 1. The van der Waals surface area contributed by atoms with Crippen molar-refractivity contribution >= 4 is 17.7 Å². The first-order valence-corrected chi connectivity index (χ1v) is 5.31. The number of carbonyl (C=O) groups excluding carboxylic acids is 1. The van der Waals surface area contributed by atoms with Gasteiger partial charge in [0.2, 0.25) is 5.91 Å². The summed E-state index contributed by atoms with van der Waals surface area (Å²) in [6.45, 7) is 5.25. The number of aryl methyl sites for hydroxylation is 1. The second kappa shape index (κ2) is 3.58. The van der Waals surface area contributed by atoms with Gasteiger partial charge in [0.05, 0.1) is 11.8 Å². The molecule has 2 atom stereocenters. The number of anilines is 1. The van der Waals surface area contributed by atoms with Crippen LogP contribution in [-0.4, -0.2) is 22.1 Å². The van der Waals surface area contributed by atoms with Crippen LogP contribution in [-0.2, 0) is 9.59 Å². The summed E-state index contributed by atoms with van der Waals surface area (Å²) in [6.07, 6.45) is 0. The Balaban J connectivity index is 2.05. The highest BCUT2D eigenvalue weighted by Crippen LogP contribution is 2.58. The van der Waals surface area contributed by atoms with Crippen LogP contribution in [0.2, 0.25) is 0 Å². The van der Waals surface area contributed by atoms with E-state index in [9.17, 15) is 9.59 Å². The number of nitrogens with one attached hydrogen (secondary N) is 1. The zero-order chi connectivity index (χ0) is 12.8. The van der Waals surface area contributed by atoms with Crippen molar-refractivity contribution in [3.8, 4) is 0 Å². The van der Waals surface area contributed by atoms with Gasteiger partial charge in [-0.3, -0.25) is 9.59 Å². The average Bonchev–Trinajstić information content (AvgIpc) is 2.54. The maximum atomic E-state index is 11.9. The van der Waals surface area contributed by atoms with Crippen molar-refractivity contribution < 1.29 is 19.2 Å². The van der Waals surface area contributed by atoms with Gasteiger partial charge in [0.15, 0.2) is 5.82 Å². The van der Waals surface area contributed by atoms with E-state index in [2.05, 4.69) is 10.5 Å². The number of carbonyl (C=O) groups is 2. The number of aliphatic carboxylic acids is 1. The zero-order valence-corrected chi connectivity index (χ0v) is 9.85. The molecule has 0 bridgehead atoms. The van der Waals surface area contributed by atoms with Crippen molar-refractivity contribution in [1.29, 1.82) is 0 Å². The summed E-state index contributed by atoms with van der Waals surface area (Å²) in [5.41, 5.74) is -0.505. The summed E-state index contributed by atoms with van der Waals surface area (Å²) in [5, 5.41) is 15.2. The van der Waals surface area contributed by atoms with Gasteiger partial charge in [-0.05, 0) is 12.3 Å². The topological polar surface area (TPSA) is 92.4 Å². The highest BCUT2D eigenvalue weighted by atomic mass is 16.5. The lowest BCUT2D eigenvalue weighted by molar-refractivity contribution is -0.140. The average molecular weight is 238 g/mol. The third-order valence-electron chi connectivity index (χ3n) is 3.26. The Morgan fingerprint density at radius 2 is 2.12 bits per heavy atom. The molecule has 1 aliphatic rings. The predicted octanol–water partition coefficient (Wildman–Crippen LogP) is 1.28. The van der Waals surface area contributed by atoms with Crippen LogP contribution in [0.5, 0.6) is 0 Å². The Bertz CT molecular complexity index is 478. The minimum absolute atomic E-state index is 0.319. The summed E-state index contributed by atoms with van der Waals surface area (Å²) >= 11 is 0. The van der Waals surface area contributed by atoms with E-state index >= 15 is 0 Å².